The number of para-hydroxylation sites is 1. The van der Waals surface area contributed by atoms with Crippen molar-refractivity contribution in [2.24, 2.45) is 5.92 Å². The third-order valence-electron chi connectivity index (χ3n) is 6.62. The van der Waals surface area contributed by atoms with Crippen LogP contribution in [0.25, 0.3) is 10.9 Å². The maximum absolute atomic E-state index is 12.9. The number of aliphatic hydroxyl groups is 1. The van der Waals surface area contributed by atoms with Crippen molar-refractivity contribution < 1.29 is 24.2 Å². The van der Waals surface area contributed by atoms with E-state index >= 15 is 0 Å². The summed E-state index contributed by atoms with van der Waals surface area (Å²) in [4.78, 5) is 30.5. The van der Waals surface area contributed by atoms with Gasteiger partial charge in [-0.05, 0) is 24.5 Å². The fourth-order valence-electron chi connectivity index (χ4n) is 4.53. The van der Waals surface area contributed by atoms with Gasteiger partial charge >= 0.3 is 0 Å². The van der Waals surface area contributed by atoms with E-state index in [-0.39, 0.29) is 24.8 Å². The average Bonchev–Trinajstić information content (AvgIpc) is 3.14. The van der Waals surface area contributed by atoms with Gasteiger partial charge in [-0.2, -0.15) is 0 Å². The third kappa shape index (κ3) is 5.60. The van der Waals surface area contributed by atoms with Gasteiger partial charge in [-0.25, -0.2) is 4.98 Å². The minimum absolute atomic E-state index is 0.0590. The maximum atomic E-state index is 12.9. The number of ketones is 2. The van der Waals surface area contributed by atoms with Gasteiger partial charge in [0.1, 0.15) is 29.9 Å². The van der Waals surface area contributed by atoms with Crippen LogP contribution >= 0.6 is 0 Å². The minimum Gasteiger partial charge on any atom is -0.489 e. The van der Waals surface area contributed by atoms with Crippen molar-refractivity contribution in [1.29, 1.82) is 0 Å². The molecular weight excluding hydrogens is 442 g/mol. The highest BCUT2D eigenvalue weighted by molar-refractivity contribution is 6.29. The molecule has 0 fully saturated rings. The first kappa shape index (κ1) is 25.0. The number of benzene rings is 2. The zero-order chi connectivity index (χ0) is 24.8. The zero-order valence-corrected chi connectivity index (χ0v) is 20.4. The van der Waals surface area contributed by atoms with E-state index in [2.05, 4.69) is 18.8 Å². The number of unbranched alkanes of at least 4 members (excludes halogenated alkanes) is 1. The summed E-state index contributed by atoms with van der Waals surface area (Å²) in [6, 6.07) is 16.0. The Labute approximate surface area is 206 Å². The second kappa shape index (κ2) is 11.6. The number of carbonyl (C=O) groups excluding carboxylic acids is 2. The minimum atomic E-state index is -0.942. The average molecular weight is 476 g/mol. The maximum Gasteiger partial charge on any atom is 0.180 e. The van der Waals surface area contributed by atoms with E-state index in [1.807, 2.05) is 18.2 Å². The molecule has 1 aliphatic rings. The number of carbonyl (C=O) groups is 2. The second-order valence-electron chi connectivity index (χ2n) is 9.19. The summed E-state index contributed by atoms with van der Waals surface area (Å²) < 4.78 is 11.6. The molecule has 1 heterocycles. The number of hydrogen-bond acceptors (Lipinski definition) is 6. The van der Waals surface area contributed by atoms with Crippen LogP contribution in [-0.2, 0) is 4.74 Å². The molecule has 2 aromatic carbocycles. The quantitative estimate of drug-likeness (QED) is 0.355. The highest BCUT2D eigenvalue weighted by Crippen LogP contribution is 2.35. The first-order valence-corrected chi connectivity index (χ1v) is 12.5. The fraction of sp³-hybridized carbons (Fsp3) is 0.414. The molecule has 3 aromatic rings. The number of pyridine rings is 1. The first-order chi connectivity index (χ1) is 17.0. The Morgan fingerprint density at radius 3 is 2.34 bits per heavy atom. The molecular formula is C29H33NO5. The van der Waals surface area contributed by atoms with E-state index in [0.717, 1.165) is 18.2 Å². The van der Waals surface area contributed by atoms with E-state index in [1.54, 1.807) is 36.4 Å². The highest BCUT2D eigenvalue weighted by atomic mass is 16.5. The molecule has 0 aliphatic heterocycles. The monoisotopic (exact) mass is 475 g/mol. The molecule has 35 heavy (non-hydrogen) atoms. The largest absolute Gasteiger partial charge is 0.489 e. The summed E-state index contributed by atoms with van der Waals surface area (Å²) in [5.41, 5.74) is 1.84. The Morgan fingerprint density at radius 1 is 0.914 bits per heavy atom. The molecule has 2 unspecified atom stereocenters. The predicted molar refractivity (Wildman–Crippen MR) is 135 cm³/mol. The summed E-state index contributed by atoms with van der Waals surface area (Å²) in [6.45, 7) is 5.25. The zero-order valence-electron chi connectivity index (χ0n) is 20.4. The van der Waals surface area contributed by atoms with E-state index < -0.39 is 12.0 Å². The summed E-state index contributed by atoms with van der Waals surface area (Å²) in [6.07, 6.45) is 3.79. The molecule has 0 amide bonds. The molecule has 0 spiro atoms. The molecule has 0 saturated heterocycles. The molecule has 184 valence electrons. The van der Waals surface area contributed by atoms with Crippen LogP contribution < -0.4 is 4.74 Å². The van der Waals surface area contributed by atoms with Crippen molar-refractivity contribution in [3.05, 3.63) is 71.4 Å². The number of fused-ring (bicyclic) bond motifs is 2. The molecule has 1 aromatic heterocycles. The smallest absolute Gasteiger partial charge is 0.180 e. The van der Waals surface area contributed by atoms with Crippen molar-refractivity contribution in [3.63, 3.8) is 0 Å². The predicted octanol–water partition coefficient (Wildman–Crippen LogP) is 5.37. The Morgan fingerprint density at radius 2 is 1.66 bits per heavy atom. The molecule has 0 bridgehead atoms. The Hall–Kier alpha value is -3.09. The Kier molecular flexibility index (Phi) is 8.26. The van der Waals surface area contributed by atoms with Crippen LogP contribution in [0.5, 0.6) is 5.75 Å². The van der Waals surface area contributed by atoms with E-state index in [9.17, 15) is 14.7 Å². The molecule has 6 heteroatoms. The van der Waals surface area contributed by atoms with Gasteiger partial charge in [0.05, 0.1) is 12.3 Å². The molecule has 1 N–H and O–H groups in total. The van der Waals surface area contributed by atoms with Gasteiger partial charge in [0.15, 0.2) is 11.6 Å². The van der Waals surface area contributed by atoms with Crippen LogP contribution in [-0.4, -0.2) is 47.6 Å². The van der Waals surface area contributed by atoms with Crippen LogP contribution in [0.2, 0.25) is 0 Å². The SMILES string of the molecule is CCCCC(CC)COCC(O)COc1cccc2ccc(C3C(=O)c4ccccc4C3=O)nc12. The Balaban J connectivity index is 1.43. The van der Waals surface area contributed by atoms with Gasteiger partial charge in [-0.3, -0.25) is 9.59 Å². The van der Waals surface area contributed by atoms with E-state index in [4.69, 9.17) is 9.47 Å². The normalized spacial score (nSPS) is 15.4. The lowest BCUT2D eigenvalue weighted by Gasteiger charge is -2.17. The van der Waals surface area contributed by atoms with Crippen LogP contribution in [0.15, 0.2) is 54.6 Å². The van der Waals surface area contributed by atoms with Gasteiger partial charge < -0.3 is 14.6 Å². The van der Waals surface area contributed by atoms with Crippen molar-refractivity contribution in [2.45, 2.75) is 51.6 Å². The topological polar surface area (TPSA) is 85.7 Å². The molecule has 0 saturated carbocycles. The molecule has 4 rings (SSSR count). The highest BCUT2D eigenvalue weighted by Gasteiger charge is 2.40. The lowest BCUT2D eigenvalue weighted by molar-refractivity contribution is -0.000877. The number of aliphatic hydroxyl groups excluding tert-OH is 1. The van der Waals surface area contributed by atoms with Gasteiger partial charge in [0, 0.05) is 23.1 Å². The number of ether oxygens (including phenoxy) is 2. The van der Waals surface area contributed by atoms with Crippen LogP contribution in [0.1, 0.15) is 71.9 Å². The second-order valence-corrected chi connectivity index (χ2v) is 9.19. The van der Waals surface area contributed by atoms with Crippen molar-refractivity contribution in [3.8, 4) is 5.75 Å². The number of aromatic nitrogens is 1. The lowest BCUT2D eigenvalue weighted by Crippen LogP contribution is -2.25. The fourth-order valence-corrected chi connectivity index (χ4v) is 4.53. The molecule has 2 atom stereocenters. The number of nitrogens with zero attached hydrogens (tertiary/aromatic N) is 1. The molecule has 6 nitrogen and oxygen atoms in total. The lowest BCUT2D eigenvalue weighted by atomic mass is 9.98. The van der Waals surface area contributed by atoms with Crippen molar-refractivity contribution in [2.75, 3.05) is 19.8 Å². The van der Waals surface area contributed by atoms with Crippen LogP contribution in [0, 0.1) is 5.92 Å². The van der Waals surface area contributed by atoms with Gasteiger partial charge in [-0.15, -0.1) is 0 Å². The van der Waals surface area contributed by atoms with E-state index in [0.29, 0.717) is 40.6 Å². The van der Waals surface area contributed by atoms with Gasteiger partial charge in [-0.1, -0.05) is 75.6 Å². The van der Waals surface area contributed by atoms with Crippen molar-refractivity contribution in [1.82, 2.24) is 4.98 Å². The van der Waals surface area contributed by atoms with Crippen LogP contribution in [0.3, 0.4) is 0 Å². The number of Topliss-reactive ketones (excluding diaryl/α,β-unsaturated/α-hetero) is 2. The number of hydrogen-bond donors (Lipinski definition) is 1. The van der Waals surface area contributed by atoms with E-state index in [1.165, 1.54) is 12.8 Å². The molecule has 1 aliphatic carbocycles. The first-order valence-electron chi connectivity index (χ1n) is 12.5. The standard InChI is InChI=1S/C29H33NO5/c1-3-5-9-19(4-2)16-34-17-21(31)18-35-25-13-8-10-20-14-15-24(30-27(20)25)26-28(32)22-11-6-7-12-23(22)29(26)33/h6-8,10-15,19,21,26,31H,3-5,9,16-18H2,1-2H3. The molecule has 0 radical (unpaired) electrons. The summed E-state index contributed by atoms with van der Waals surface area (Å²) in [7, 11) is 0. The third-order valence-corrected chi connectivity index (χ3v) is 6.62. The Bertz CT molecular complexity index is 1160. The van der Waals surface area contributed by atoms with Gasteiger partial charge in [0.25, 0.3) is 0 Å². The summed E-state index contributed by atoms with van der Waals surface area (Å²) in [5, 5.41) is 11.2. The number of rotatable bonds is 12. The van der Waals surface area contributed by atoms with Gasteiger partial charge in [0.2, 0.25) is 0 Å². The summed E-state index contributed by atoms with van der Waals surface area (Å²) >= 11 is 0. The summed E-state index contributed by atoms with van der Waals surface area (Å²) in [5.74, 6) is -0.396. The van der Waals surface area contributed by atoms with Crippen LogP contribution in [0.4, 0.5) is 0 Å². The van der Waals surface area contributed by atoms with Crippen molar-refractivity contribution >= 4 is 22.5 Å².